The predicted molar refractivity (Wildman–Crippen MR) is 81.8 cm³/mol. The zero-order chi connectivity index (χ0) is 16.8. The van der Waals surface area contributed by atoms with Crippen molar-refractivity contribution in [3.63, 3.8) is 0 Å². The van der Waals surface area contributed by atoms with Crippen LogP contribution >= 0.6 is 0 Å². The summed E-state index contributed by atoms with van der Waals surface area (Å²) < 4.78 is 59.0. The molecule has 0 fully saturated rings. The summed E-state index contributed by atoms with van der Waals surface area (Å²) in [6.45, 7) is 0. The molecule has 5 nitrogen and oxygen atoms in total. The van der Waals surface area contributed by atoms with Crippen LogP contribution < -0.4 is 10.5 Å². The van der Waals surface area contributed by atoms with Crippen LogP contribution in [-0.2, 0) is 10.0 Å². The van der Waals surface area contributed by atoms with E-state index in [1.807, 2.05) is 0 Å². The van der Waals surface area contributed by atoms with Crippen molar-refractivity contribution in [3.8, 4) is 5.75 Å². The third kappa shape index (κ3) is 2.31. The first-order chi connectivity index (χ1) is 10.9. The van der Waals surface area contributed by atoms with Crippen LogP contribution in [0.15, 0.2) is 47.5 Å². The Morgan fingerprint density at radius 2 is 1.87 bits per heavy atom. The number of hydrogen-bond acceptors (Lipinski definition) is 4. The van der Waals surface area contributed by atoms with E-state index in [4.69, 9.17) is 10.5 Å². The van der Waals surface area contributed by atoms with Gasteiger partial charge in [0.2, 0.25) is 0 Å². The number of ether oxygens (including phenoxy) is 1. The number of aromatic nitrogens is 1. The molecule has 0 bridgehead atoms. The molecule has 0 radical (unpaired) electrons. The Bertz CT molecular complexity index is 1010. The molecule has 0 aliphatic rings. The van der Waals surface area contributed by atoms with E-state index in [9.17, 15) is 17.2 Å². The third-order valence-electron chi connectivity index (χ3n) is 3.45. The van der Waals surface area contributed by atoms with Gasteiger partial charge in [0.1, 0.15) is 22.3 Å². The Balaban J connectivity index is 2.33. The average Bonchev–Trinajstić information content (AvgIpc) is 2.95. The van der Waals surface area contributed by atoms with Crippen molar-refractivity contribution < 1.29 is 21.9 Å². The van der Waals surface area contributed by atoms with Crippen molar-refractivity contribution >= 4 is 26.6 Å². The van der Waals surface area contributed by atoms with E-state index in [0.717, 1.165) is 22.2 Å². The first kappa shape index (κ1) is 15.3. The normalized spacial score (nSPS) is 11.8. The van der Waals surface area contributed by atoms with Gasteiger partial charge in [0.25, 0.3) is 10.0 Å². The number of anilines is 1. The number of para-hydroxylation sites is 1. The fourth-order valence-electron chi connectivity index (χ4n) is 2.34. The molecule has 2 aromatic carbocycles. The number of halogens is 2. The summed E-state index contributed by atoms with van der Waals surface area (Å²) in [6.07, 6.45) is 1.22. The molecular formula is C15H12F2N2O3S. The van der Waals surface area contributed by atoms with Gasteiger partial charge in [-0.2, -0.15) is 0 Å². The molecule has 23 heavy (non-hydrogen) atoms. The summed E-state index contributed by atoms with van der Waals surface area (Å²) in [5.74, 6) is -1.70. The summed E-state index contributed by atoms with van der Waals surface area (Å²) in [4.78, 5) is -0.348. The lowest BCUT2D eigenvalue weighted by Gasteiger charge is -2.13. The van der Waals surface area contributed by atoms with Gasteiger partial charge < -0.3 is 10.5 Å². The monoisotopic (exact) mass is 338 g/mol. The highest BCUT2D eigenvalue weighted by Crippen LogP contribution is 2.32. The van der Waals surface area contributed by atoms with Crippen LogP contribution in [0, 0.1) is 11.6 Å². The minimum atomic E-state index is -4.22. The van der Waals surface area contributed by atoms with Crippen molar-refractivity contribution in [2.45, 2.75) is 4.90 Å². The molecule has 0 saturated carbocycles. The zero-order valence-electron chi connectivity index (χ0n) is 12.0. The zero-order valence-corrected chi connectivity index (χ0v) is 12.8. The summed E-state index contributed by atoms with van der Waals surface area (Å²) >= 11 is 0. The molecule has 3 rings (SSSR count). The topological polar surface area (TPSA) is 74.3 Å². The molecule has 1 aromatic heterocycles. The van der Waals surface area contributed by atoms with Gasteiger partial charge in [0.15, 0.2) is 0 Å². The van der Waals surface area contributed by atoms with Crippen molar-refractivity contribution in [3.05, 3.63) is 54.2 Å². The van der Waals surface area contributed by atoms with E-state index in [1.165, 1.54) is 25.4 Å². The molecule has 0 unspecified atom stereocenters. The fraction of sp³-hybridized carbons (Fsp3) is 0.0667. The molecule has 120 valence electrons. The molecule has 0 spiro atoms. The van der Waals surface area contributed by atoms with Gasteiger partial charge in [-0.1, -0.05) is 12.1 Å². The highest BCUT2D eigenvalue weighted by Gasteiger charge is 2.26. The van der Waals surface area contributed by atoms with Gasteiger partial charge in [0, 0.05) is 17.6 Å². The Hall–Kier alpha value is -2.61. The lowest BCUT2D eigenvalue weighted by Crippen LogP contribution is -2.14. The highest BCUT2D eigenvalue weighted by atomic mass is 32.2. The Labute approximate surface area is 130 Å². The number of hydrogen-bond donors (Lipinski definition) is 1. The van der Waals surface area contributed by atoms with Crippen molar-refractivity contribution in [2.75, 3.05) is 12.8 Å². The van der Waals surface area contributed by atoms with Gasteiger partial charge in [-0.25, -0.2) is 21.2 Å². The smallest absolute Gasteiger partial charge is 0.272 e. The van der Waals surface area contributed by atoms with Gasteiger partial charge in [-0.3, -0.25) is 0 Å². The van der Waals surface area contributed by atoms with E-state index in [2.05, 4.69) is 0 Å². The van der Waals surface area contributed by atoms with Crippen LogP contribution in [0.5, 0.6) is 5.75 Å². The van der Waals surface area contributed by atoms with E-state index in [-0.39, 0.29) is 21.8 Å². The van der Waals surface area contributed by atoms with Crippen LogP contribution in [0.25, 0.3) is 10.9 Å². The van der Waals surface area contributed by atoms with E-state index in [1.54, 1.807) is 6.07 Å². The van der Waals surface area contributed by atoms with Crippen LogP contribution in [0.4, 0.5) is 14.5 Å². The standard InChI is InChI=1S/C15H12F2N2O3S/c1-22-13-7-11(17)12(18)8-14(13)23(20,21)19-6-5-9-3-2-4-10(16)15(9)19/h2-8H,18H2,1H3. The first-order valence-corrected chi connectivity index (χ1v) is 7.94. The highest BCUT2D eigenvalue weighted by molar-refractivity contribution is 7.90. The minimum Gasteiger partial charge on any atom is -0.495 e. The molecule has 0 aliphatic carbocycles. The first-order valence-electron chi connectivity index (χ1n) is 6.50. The molecule has 8 heteroatoms. The quantitative estimate of drug-likeness (QED) is 0.745. The fourth-order valence-corrected chi connectivity index (χ4v) is 3.88. The van der Waals surface area contributed by atoms with E-state index in [0.29, 0.717) is 5.39 Å². The van der Waals surface area contributed by atoms with Crippen molar-refractivity contribution in [2.24, 2.45) is 0 Å². The second-order valence-corrected chi connectivity index (χ2v) is 6.60. The number of nitrogens with two attached hydrogens (primary N) is 1. The lowest BCUT2D eigenvalue weighted by atomic mass is 10.2. The maximum atomic E-state index is 14.1. The Morgan fingerprint density at radius 3 is 2.57 bits per heavy atom. The minimum absolute atomic E-state index is 0.0996. The molecule has 0 saturated heterocycles. The molecule has 0 atom stereocenters. The van der Waals surface area contributed by atoms with Crippen LogP contribution in [0.1, 0.15) is 0 Å². The average molecular weight is 338 g/mol. The van der Waals surface area contributed by atoms with Crippen LogP contribution in [0.2, 0.25) is 0 Å². The molecule has 1 heterocycles. The molecular weight excluding hydrogens is 326 g/mol. The van der Waals surface area contributed by atoms with Crippen molar-refractivity contribution in [1.29, 1.82) is 0 Å². The van der Waals surface area contributed by atoms with Gasteiger partial charge in [-0.15, -0.1) is 0 Å². The van der Waals surface area contributed by atoms with Crippen molar-refractivity contribution in [1.82, 2.24) is 3.97 Å². The molecule has 0 amide bonds. The SMILES string of the molecule is COc1cc(F)c(N)cc1S(=O)(=O)n1ccc2cccc(F)c21. The third-order valence-corrected chi connectivity index (χ3v) is 5.14. The predicted octanol–water partition coefficient (Wildman–Crippen LogP) is 2.75. The van der Waals surface area contributed by atoms with Gasteiger partial charge in [-0.05, 0) is 18.2 Å². The van der Waals surface area contributed by atoms with Crippen LogP contribution in [0.3, 0.4) is 0 Å². The number of rotatable bonds is 3. The van der Waals surface area contributed by atoms with Crippen LogP contribution in [-0.4, -0.2) is 19.5 Å². The summed E-state index contributed by atoms with van der Waals surface area (Å²) in [5, 5.41) is 0.419. The maximum Gasteiger partial charge on any atom is 0.272 e. The lowest BCUT2D eigenvalue weighted by molar-refractivity contribution is 0.399. The summed E-state index contributed by atoms with van der Waals surface area (Å²) in [7, 11) is -3.02. The number of methoxy groups -OCH3 is 1. The number of nitrogen functional groups attached to an aromatic ring is 1. The van der Waals surface area contributed by atoms with E-state index < -0.39 is 21.7 Å². The summed E-state index contributed by atoms with van der Waals surface area (Å²) in [6, 6.07) is 7.52. The summed E-state index contributed by atoms with van der Waals surface area (Å²) in [5.41, 5.74) is 5.01. The largest absolute Gasteiger partial charge is 0.495 e. The van der Waals surface area contributed by atoms with Gasteiger partial charge >= 0.3 is 0 Å². The van der Waals surface area contributed by atoms with E-state index >= 15 is 0 Å². The Morgan fingerprint density at radius 1 is 1.13 bits per heavy atom. The molecule has 2 N–H and O–H groups in total. The maximum absolute atomic E-state index is 14.1. The Kier molecular flexibility index (Phi) is 3.48. The number of benzene rings is 2. The second kappa shape index (κ2) is 5.24. The molecule has 0 aliphatic heterocycles. The number of fused-ring (bicyclic) bond motifs is 1. The second-order valence-electron chi connectivity index (χ2n) is 4.82. The van der Waals surface area contributed by atoms with Gasteiger partial charge in [0.05, 0.1) is 18.3 Å². The molecule has 3 aromatic rings. The number of nitrogens with zero attached hydrogens (tertiary/aromatic N) is 1.